The van der Waals surface area contributed by atoms with E-state index in [1.165, 1.54) is 6.08 Å². The van der Waals surface area contributed by atoms with Gasteiger partial charge in [-0.05, 0) is 0 Å². The summed E-state index contributed by atoms with van der Waals surface area (Å²) in [4.78, 5) is 0. The van der Waals surface area contributed by atoms with Gasteiger partial charge in [0, 0.05) is 0 Å². The molecule has 0 atom stereocenters. The van der Waals surface area contributed by atoms with Crippen LogP contribution in [0.25, 0.3) is 0 Å². The molecule has 0 amide bonds. The number of rotatable bonds is 3. The van der Waals surface area contributed by atoms with Gasteiger partial charge >= 0.3 is 49.4 Å². The summed E-state index contributed by atoms with van der Waals surface area (Å²) in [6.07, 6.45) is 1.28. The molecule has 0 aliphatic carbocycles. The van der Waals surface area contributed by atoms with Gasteiger partial charge in [0.15, 0.2) is 0 Å². The minimum atomic E-state index is -4.79. The molecule has 0 spiro atoms. The van der Waals surface area contributed by atoms with Gasteiger partial charge in [0.1, 0.15) is 0 Å². The molecule has 2 N–H and O–H groups in total. The molecule has 0 rings (SSSR count). The van der Waals surface area contributed by atoms with Crippen LogP contribution < -0.4 is 0 Å². The summed E-state index contributed by atoms with van der Waals surface area (Å²) >= 11 is -4.79. The second kappa shape index (κ2) is 3.09. The molecule has 0 heterocycles. The van der Waals surface area contributed by atoms with Crippen molar-refractivity contribution in [3.63, 3.8) is 0 Å². The van der Waals surface area contributed by atoms with Gasteiger partial charge in [-0.15, -0.1) is 0 Å². The molecule has 48 valence electrons. The van der Waals surface area contributed by atoms with Crippen LogP contribution in [-0.4, -0.2) is 29.3 Å². The van der Waals surface area contributed by atoms with Gasteiger partial charge in [0.2, 0.25) is 0 Å². The molecular formula is C3H7AsO4. The van der Waals surface area contributed by atoms with Crippen LogP contribution in [0.15, 0.2) is 12.7 Å². The first-order chi connectivity index (χ1) is 3.56. The van der Waals surface area contributed by atoms with E-state index in [2.05, 4.69) is 10.3 Å². The van der Waals surface area contributed by atoms with Crippen LogP contribution in [0, 0.1) is 0 Å². The summed E-state index contributed by atoms with van der Waals surface area (Å²) in [5, 5.41) is 0. The van der Waals surface area contributed by atoms with Crippen molar-refractivity contribution in [2.75, 3.05) is 6.61 Å². The van der Waals surface area contributed by atoms with E-state index < -0.39 is 14.5 Å². The fourth-order valence-electron chi connectivity index (χ4n) is 0.150. The zero-order valence-electron chi connectivity index (χ0n) is 4.15. The van der Waals surface area contributed by atoms with E-state index in [1.807, 2.05) is 0 Å². The van der Waals surface area contributed by atoms with Crippen molar-refractivity contribution in [3.05, 3.63) is 12.7 Å². The van der Waals surface area contributed by atoms with Gasteiger partial charge in [0.25, 0.3) is 0 Å². The first kappa shape index (κ1) is 7.98. The number of hydrogen-bond acceptors (Lipinski definition) is 2. The van der Waals surface area contributed by atoms with E-state index in [1.54, 1.807) is 0 Å². The van der Waals surface area contributed by atoms with E-state index in [4.69, 9.17) is 8.19 Å². The standard InChI is InChI=1S/C3H7AsO4/c1-2-3-8-4(5,6)7/h2H,1,3H2,(H2,5,6,7). The van der Waals surface area contributed by atoms with Gasteiger partial charge in [-0.25, -0.2) is 0 Å². The molecule has 0 unspecified atom stereocenters. The summed E-state index contributed by atoms with van der Waals surface area (Å²) in [6, 6.07) is 0. The molecule has 0 radical (unpaired) electrons. The quantitative estimate of drug-likeness (QED) is 0.435. The van der Waals surface area contributed by atoms with Crippen LogP contribution >= 0.6 is 0 Å². The van der Waals surface area contributed by atoms with Crippen LogP contribution in [0.1, 0.15) is 0 Å². The second-order valence-electron chi connectivity index (χ2n) is 1.08. The third kappa shape index (κ3) is 5.98. The predicted octanol–water partition coefficient (Wildman–Crippen LogP) is -0.960. The van der Waals surface area contributed by atoms with E-state index in [-0.39, 0.29) is 6.61 Å². The molecular weight excluding hydrogens is 175 g/mol. The summed E-state index contributed by atoms with van der Waals surface area (Å²) in [7, 11) is 0. The molecule has 4 nitrogen and oxygen atoms in total. The minimum absolute atomic E-state index is 0.0938. The molecule has 0 aromatic heterocycles. The summed E-state index contributed by atoms with van der Waals surface area (Å²) in [5.74, 6) is 0. The first-order valence-electron chi connectivity index (χ1n) is 1.87. The average Bonchev–Trinajstić information content (AvgIpc) is 1.59. The predicted molar refractivity (Wildman–Crippen MR) is 27.0 cm³/mol. The summed E-state index contributed by atoms with van der Waals surface area (Å²) in [6.45, 7) is 3.11. The van der Waals surface area contributed by atoms with Crippen molar-refractivity contribution in [1.29, 1.82) is 0 Å². The third-order valence-corrected chi connectivity index (χ3v) is 1.38. The van der Waals surface area contributed by atoms with Crippen molar-refractivity contribution in [1.82, 2.24) is 0 Å². The topological polar surface area (TPSA) is 66.8 Å². The van der Waals surface area contributed by atoms with Crippen molar-refractivity contribution >= 4 is 14.5 Å². The van der Waals surface area contributed by atoms with E-state index >= 15 is 0 Å². The van der Waals surface area contributed by atoms with Gasteiger partial charge in [0.05, 0.1) is 0 Å². The average molecular weight is 182 g/mol. The molecule has 5 heteroatoms. The Labute approximate surface area is 50.1 Å². The Bertz CT molecular complexity index is 114. The maximum absolute atomic E-state index is 9.88. The fourth-order valence-corrected chi connectivity index (χ4v) is 0.778. The zero-order valence-corrected chi connectivity index (χ0v) is 6.03. The fraction of sp³-hybridized carbons (Fsp3) is 0.333. The Morgan fingerprint density at radius 3 is 2.38 bits per heavy atom. The van der Waals surface area contributed by atoms with Gasteiger partial charge in [-0.2, -0.15) is 0 Å². The van der Waals surface area contributed by atoms with E-state index in [9.17, 15) is 3.74 Å². The monoisotopic (exact) mass is 182 g/mol. The van der Waals surface area contributed by atoms with Crippen LogP contribution in [-0.2, 0) is 7.47 Å². The Morgan fingerprint density at radius 2 is 2.25 bits per heavy atom. The molecule has 0 bridgehead atoms. The van der Waals surface area contributed by atoms with E-state index in [0.29, 0.717) is 0 Å². The van der Waals surface area contributed by atoms with Gasteiger partial charge in [-0.1, -0.05) is 0 Å². The molecule has 0 saturated carbocycles. The van der Waals surface area contributed by atoms with Crippen molar-refractivity contribution in [2.24, 2.45) is 0 Å². The van der Waals surface area contributed by atoms with Crippen molar-refractivity contribution in [2.45, 2.75) is 0 Å². The molecule has 8 heavy (non-hydrogen) atoms. The number of hydrogen-bond donors (Lipinski definition) is 2. The second-order valence-corrected chi connectivity index (χ2v) is 3.68. The van der Waals surface area contributed by atoms with Crippen molar-refractivity contribution in [3.8, 4) is 0 Å². The Kier molecular flexibility index (Phi) is 3.09. The van der Waals surface area contributed by atoms with Crippen LogP contribution in [0.3, 0.4) is 0 Å². The SMILES string of the molecule is C=CCO[As](=O)(O)O. The Balaban J connectivity index is 3.40. The normalized spacial score (nSPS) is 11.2. The maximum atomic E-state index is 9.88. The van der Waals surface area contributed by atoms with Crippen molar-refractivity contribution < 1.29 is 15.7 Å². The molecule has 0 aliphatic heterocycles. The van der Waals surface area contributed by atoms with Gasteiger partial charge < -0.3 is 0 Å². The zero-order chi connectivity index (χ0) is 6.62. The Hall–Kier alpha value is -0.0216. The summed E-state index contributed by atoms with van der Waals surface area (Å²) in [5.41, 5.74) is 0. The van der Waals surface area contributed by atoms with Crippen LogP contribution in [0.5, 0.6) is 0 Å². The molecule has 0 aromatic carbocycles. The van der Waals surface area contributed by atoms with Crippen LogP contribution in [0.4, 0.5) is 0 Å². The molecule has 0 aromatic rings. The molecule has 0 saturated heterocycles. The van der Waals surface area contributed by atoms with Gasteiger partial charge in [-0.3, -0.25) is 0 Å². The van der Waals surface area contributed by atoms with E-state index in [0.717, 1.165) is 0 Å². The Morgan fingerprint density at radius 1 is 1.75 bits per heavy atom. The molecule has 0 aliphatic rings. The summed E-state index contributed by atoms with van der Waals surface area (Å²) < 4.78 is 30.0. The van der Waals surface area contributed by atoms with Crippen LogP contribution in [0.2, 0.25) is 0 Å². The molecule has 0 fully saturated rings. The first-order valence-corrected chi connectivity index (χ1v) is 5.08. The third-order valence-electron chi connectivity index (χ3n) is 0.361.